The lowest BCUT2D eigenvalue weighted by atomic mass is 10.2. The number of aryl methyl sites for hydroxylation is 1. The van der Waals surface area contributed by atoms with Gasteiger partial charge in [0.15, 0.2) is 0 Å². The minimum atomic E-state index is -3.79. The average Bonchev–Trinajstić information content (AvgIpc) is 3.04. The Hall–Kier alpha value is -1.90. The maximum Gasteiger partial charge on any atom is 0.263 e. The summed E-state index contributed by atoms with van der Waals surface area (Å²) in [5, 5.41) is 7.12. The van der Waals surface area contributed by atoms with Gasteiger partial charge in [0, 0.05) is 37.9 Å². The number of piperidine rings is 1. The third-order valence-electron chi connectivity index (χ3n) is 4.34. The van der Waals surface area contributed by atoms with E-state index < -0.39 is 15.9 Å². The number of nitrogens with one attached hydrogen (secondary N) is 1. The lowest BCUT2D eigenvalue weighted by molar-refractivity contribution is 0.0947. The van der Waals surface area contributed by atoms with E-state index in [0.29, 0.717) is 18.1 Å². The lowest BCUT2D eigenvalue weighted by Crippen LogP contribution is -2.37. The first-order valence-electron chi connectivity index (χ1n) is 8.45. The van der Waals surface area contributed by atoms with Crippen molar-refractivity contribution < 1.29 is 13.2 Å². The molecule has 2 heterocycles. The van der Waals surface area contributed by atoms with Gasteiger partial charge in [-0.3, -0.25) is 9.48 Å². The molecule has 2 aromatic rings. The highest BCUT2D eigenvalue weighted by Gasteiger charge is 2.33. The molecule has 0 unspecified atom stereocenters. The van der Waals surface area contributed by atoms with Gasteiger partial charge in [-0.25, -0.2) is 8.42 Å². The number of carbonyl (C=O) groups excluding carboxylic acids is 1. The summed E-state index contributed by atoms with van der Waals surface area (Å²) in [6.45, 7) is 1.12. The van der Waals surface area contributed by atoms with E-state index in [4.69, 9.17) is 11.6 Å². The molecule has 0 spiro atoms. The van der Waals surface area contributed by atoms with Crippen LogP contribution in [0.2, 0.25) is 5.02 Å². The summed E-state index contributed by atoms with van der Waals surface area (Å²) >= 11 is 6.09. The van der Waals surface area contributed by atoms with Crippen LogP contribution in [0.4, 0.5) is 0 Å². The highest BCUT2D eigenvalue weighted by molar-refractivity contribution is 7.89. The predicted molar refractivity (Wildman–Crippen MR) is 98.4 cm³/mol. The van der Waals surface area contributed by atoms with E-state index in [9.17, 15) is 13.2 Å². The van der Waals surface area contributed by atoms with Gasteiger partial charge in [0.2, 0.25) is 5.03 Å². The third kappa shape index (κ3) is 3.92. The SMILES string of the molecule is Cn1cc(C(=O)NCc2ccccc2Cl)c(S(=O)(=O)N2CCCCC2)n1. The fraction of sp³-hybridized carbons (Fsp3) is 0.412. The minimum absolute atomic E-state index is 0.0464. The molecule has 1 aliphatic heterocycles. The average molecular weight is 397 g/mol. The molecular weight excluding hydrogens is 376 g/mol. The van der Waals surface area contributed by atoms with E-state index in [1.54, 1.807) is 25.2 Å². The molecule has 0 aliphatic carbocycles. The zero-order chi connectivity index (χ0) is 18.7. The molecule has 3 rings (SSSR count). The number of aromatic nitrogens is 2. The Balaban J connectivity index is 1.82. The molecule has 1 fully saturated rings. The third-order valence-corrected chi connectivity index (χ3v) is 6.54. The highest BCUT2D eigenvalue weighted by Crippen LogP contribution is 2.22. The van der Waals surface area contributed by atoms with Crippen LogP contribution in [-0.2, 0) is 23.6 Å². The first kappa shape index (κ1) is 18.9. The molecule has 1 saturated heterocycles. The summed E-state index contributed by atoms with van der Waals surface area (Å²) in [5.41, 5.74) is 0.803. The van der Waals surface area contributed by atoms with Gasteiger partial charge in [0.05, 0.1) is 5.56 Å². The standard InChI is InChI=1S/C17H21ClN4O3S/c1-21-12-14(16(23)19-11-13-7-3-4-8-15(13)18)17(20-21)26(24,25)22-9-5-2-6-10-22/h3-4,7-8,12H,2,5-6,9-11H2,1H3,(H,19,23). The zero-order valence-electron chi connectivity index (χ0n) is 14.5. The molecule has 1 amide bonds. The minimum Gasteiger partial charge on any atom is -0.348 e. The Morgan fingerprint density at radius 1 is 1.23 bits per heavy atom. The summed E-state index contributed by atoms with van der Waals surface area (Å²) in [6, 6.07) is 7.17. The molecular formula is C17H21ClN4O3S. The van der Waals surface area contributed by atoms with Crippen LogP contribution in [0.15, 0.2) is 35.5 Å². The molecule has 1 aliphatic rings. The van der Waals surface area contributed by atoms with Gasteiger partial charge in [-0.15, -0.1) is 0 Å². The molecule has 1 N–H and O–H groups in total. The molecule has 0 atom stereocenters. The van der Waals surface area contributed by atoms with Gasteiger partial charge in [-0.1, -0.05) is 36.2 Å². The Morgan fingerprint density at radius 3 is 2.62 bits per heavy atom. The van der Waals surface area contributed by atoms with E-state index >= 15 is 0 Å². The predicted octanol–water partition coefficient (Wildman–Crippen LogP) is 2.18. The van der Waals surface area contributed by atoms with Crippen molar-refractivity contribution in [1.29, 1.82) is 0 Å². The summed E-state index contributed by atoms with van der Waals surface area (Å²) in [5.74, 6) is -0.492. The number of sulfonamides is 1. The van der Waals surface area contributed by atoms with E-state index in [-0.39, 0.29) is 17.1 Å². The Bertz CT molecular complexity index is 904. The van der Waals surface area contributed by atoms with Crippen molar-refractivity contribution in [3.8, 4) is 0 Å². The van der Waals surface area contributed by atoms with Crippen molar-refractivity contribution in [2.75, 3.05) is 13.1 Å². The van der Waals surface area contributed by atoms with Crippen molar-refractivity contribution in [3.63, 3.8) is 0 Å². The summed E-state index contributed by atoms with van der Waals surface area (Å²) < 4.78 is 28.6. The largest absolute Gasteiger partial charge is 0.348 e. The normalized spacial score (nSPS) is 15.8. The topological polar surface area (TPSA) is 84.3 Å². The Labute approximate surface area is 158 Å². The molecule has 0 radical (unpaired) electrons. The molecule has 0 saturated carbocycles. The molecule has 1 aromatic carbocycles. The van der Waals surface area contributed by atoms with Crippen LogP contribution in [0.3, 0.4) is 0 Å². The number of nitrogens with zero attached hydrogens (tertiary/aromatic N) is 3. The number of hydrogen-bond acceptors (Lipinski definition) is 4. The van der Waals surface area contributed by atoms with Gasteiger partial charge in [-0.2, -0.15) is 9.40 Å². The fourth-order valence-corrected chi connectivity index (χ4v) is 4.80. The molecule has 9 heteroatoms. The van der Waals surface area contributed by atoms with Gasteiger partial charge in [0.25, 0.3) is 15.9 Å². The van der Waals surface area contributed by atoms with Crippen molar-refractivity contribution >= 4 is 27.5 Å². The second kappa shape index (κ2) is 7.77. The van der Waals surface area contributed by atoms with Crippen molar-refractivity contribution in [3.05, 3.63) is 46.6 Å². The van der Waals surface area contributed by atoms with Crippen LogP contribution >= 0.6 is 11.6 Å². The number of hydrogen-bond donors (Lipinski definition) is 1. The Morgan fingerprint density at radius 2 is 1.92 bits per heavy atom. The van der Waals surface area contributed by atoms with Gasteiger partial charge >= 0.3 is 0 Å². The quantitative estimate of drug-likeness (QED) is 0.839. The molecule has 0 bridgehead atoms. The van der Waals surface area contributed by atoms with E-state index in [1.807, 2.05) is 6.07 Å². The molecule has 7 nitrogen and oxygen atoms in total. The Kier molecular flexibility index (Phi) is 5.64. The maximum absolute atomic E-state index is 12.9. The zero-order valence-corrected chi connectivity index (χ0v) is 16.1. The van der Waals surface area contributed by atoms with Crippen LogP contribution in [0, 0.1) is 0 Å². The van der Waals surface area contributed by atoms with Crippen LogP contribution in [0.1, 0.15) is 35.2 Å². The maximum atomic E-state index is 12.9. The second-order valence-electron chi connectivity index (χ2n) is 6.26. The molecule has 1 aromatic heterocycles. The number of rotatable bonds is 5. The van der Waals surface area contributed by atoms with Gasteiger partial charge in [0.1, 0.15) is 0 Å². The summed E-state index contributed by atoms with van der Waals surface area (Å²) in [4.78, 5) is 12.6. The summed E-state index contributed by atoms with van der Waals surface area (Å²) in [6.07, 6.45) is 4.08. The summed E-state index contributed by atoms with van der Waals surface area (Å²) in [7, 11) is -2.20. The second-order valence-corrected chi connectivity index (χ2v) is 8.52. The van der Waals surface area contributed by atoms with E-state index in [2.05, 4.69) is 10.4 Å². The monoisotopic (exact) mass is 396 g/mol. The van der Waals surface area contributed by atoms with Crippen molar-refractivity contribution in [2.45, 2.75) is 30.8 Å². The van der Waals surface area contributed by atoms with Crippen molar-refractivity contribution in [1.82, 2.24) is 19.4 Å². The molecule has 140 valence electrons. The fourth-order valence-electron chi connectivity index (χ4n) is 2.95. The lowest BCUT2D eigenvalue weighted by Gasteiger charge is -2.25. The first-order chi connectivity index (χ1) is 12.4. The van der Waals surface area contributed by atoms with Gasteiger partial charge < -0.3 is 5.32 Å². The van der Waals surface area contributed by atoms with Crippen LogP contribution < -0.4 is 5.32 Å². The van der Waals surface area contributed by atoms with Crippen LogP contribution in [0.5, 0.6) is 0 Å². The van der Waals surface area contributed by atoms with E-state index in [0.717, 1.165) is 24.8 Å². The van der Waals surface area contributed by atoms with Crippen molar-refractivity contribution in [2.24, 2.45) is 7.05 Å². The van der Waals surface area contributed by atoms with Crippen LogP contribution in [-0.4, -0.2) is 41.5 Å². The number of halogens is 1. The highest BCUT2D eigenvalue weighted by atomic mass is 35.5. The first-order valence-corrected chi connectivity index (χ1v) is 10.3. The smallest absolute Gasteiger partial charge is 0.263 e. The van der Waals surface area contributed by atoms with Gasteiger partial charge in [-0.05, 0) is 24.5 Å². The van der Waals surface area contributed by atoms with E-state index in [1.165, 1.54) is 15.2 Å². The number of amides is 1. The number of carbonyl (C=O) groups is 1. The number of benzene rings is 1. The van der Waals surface area contributed by atoms with Crippen LogP contribution in [0.25, 0.3) is 0 Å². The molecule has 26 heavy (non-hydrogen) atoms.